The molecular weight excluding hydrogens is 366 g/mol. The summed E-state index contributed by atoms with van der Waals surface area (Å²) in [6, 6.07) is 13.9. The van der Waals surface area contributed by atoms with Crippen molar-refractivity contribution in [2.24, 2.45) is 0 Å². The van der Waals surface area contributed by atoms with Crippen LogP contribution in [0.3, 0.4) is 0 Å². The van der Waals surface area contributed by atoms with Gasteiger partial charge in [0.1, 0.15) is 12.2 Å². The second-order valence-corrected chi connectivity index (χ2v) is 7.29. The van der Waals surface area contributed by atoms with Gasteiger partial charge >= 0.3 is 0 Å². The number of fused-ring (bicyclic) bond motifs is 3. The van der Waals surface area contributed by atoms with E-state index < -0.39 is 5.66 Å². The summed E-state index contributed by atoms with van der Waals surface area (Å²) in [5, 5.41) is 3.16. The van der Waals surface area contributed by atoms with Gasteiger partial charge in [-0.25, -0.2) is 0 Å². The van der Waals surface area contributed by atoms with Crippen LogP contribution < -0.4 is 10.2 Å². The van der Waals surface area contributed by atoms with Crippen LogP contribution in [0.1, 0.15) is 30.1 Å². The summed E-state index contributed by atoms with van der Waals surface area (Å²) >= 11 is 6.09. The number of hydrogen-bond acceptors (Lipinski definition) is 3. The van der Waals surface area contributed by atoms with E-state index in [-0.39, 0.29) is 24.3 Å². The number of hydrogen-bond donors (Lipinski definition) is 1. The average molecular weight is 384 g/mol. The number of carbonyl (C=O) groups is 3. The standard InChI is InChI=1S/C20H18ClN3O3/c1-20-11-10-18(26)24(20)16-9-5-2-6-13(16)19(27)23(20)12-17(25)22-15-8-4-3-7-14(15)21/h2-9H,10-12H2,1H3,(H,22,25). The first kappa shape index (κ1) is 17.5. The molecular formula is C20H18ClN3O3. The highest BCUT2D eigenvalue weighted by molar-refractivity contribution is 6.33. The van der Waals surface area contributed by atoms with E-state index in [0.717, 1.165) is 0 Å². The molecule has 1 fully saturated rings. The van der Waals surface area contributed by atoms with Crippen molar-refractivity contribution in [2.45, 2.75) is 25.4 Å². The lowest BCUT2D eigenvalue weighted by molar-refractivity contribution is -0.120. The highest BCUT2D eigenvalue weighted by Gasteiger charge is 2.53. The van der Waals surface area contributed by atoms with Crippen LogP contribution in [-0.2, 0) is 9.59 Å². The Hall–Kier alpha value is -2.86. The number of rotatable bonds is 3. The van der Waals surface area contributed by atoms with Gasteiger partial charge in [0.25, 0.3) is 5.91 Å². The first-order valence-electron chi connectivity index (χ1n) is 8.70. The lowest BCUT2D eigenvalue weighted by Gasteiger charge is -2.48. The van der Waals surface area contributed by atoms with Crippen LogP contribution in [0, 0.1) is 0 Å². The van der Waals surface area contributed by atoms with Crippen molar-refractivity contribution in [3.8, 4) is 0 Å². The molecule has 27 heavy (non-hydrogen) atoms. The van der Waals surface area contributed by atoms with Crippen LogP contribution in [0.25, 0.3) is 0 Å². The summed E-state index contributed by atoms with van der Waals surface area (Å²) in [6.07, 6.45) is 0.812. The Morgan fingerprint density at radius 1 is 1.15 bits per heavy atom. The second-order valence-electron chi connectivity index (χ2n) is 6.88. The first-order valence-corrected chi connectivity index (χ1v) is 9.08. The maximum absolute atomic E-state index is 13.1. The number of carbonyl (C=O) groups excluding carboxylic acids is 3. The number of nitrogens with zero attached hydrogens (tertiary/aromatic N) is 2. The summed E-state index contributed by atoms with van der Waals surface area (Å²) in [4.78, 5) is 41.4. The number of anilines is 2. The SMILES string of the molecule is CC12CCC(=O)N1c1ccccc1C(=O)N2CC(=O)Nc1ccccc1Cl. The smallest absolute Gasteiger partial charge is 0.258 e. The second kappa shape index (κ2) is 6.39. The number of nitrogens with one attached hydrogen (secondary N) is 1. The van der Waals surface area contributed by atoms with Gasteiger partial charge in [0.2, 0.25) is 11.8 Å². The van der Waals surface area contributed by atoms with Gasteiger partial charge in [-0.1, -0.05) is 35.9 Å². The predicted molar refractivity (Wildman–Crippen MR) is 103 cm³/mol. The van der Waals surface area contributed by atoms with E-state index in [0.29, 0.717) is 34.8 Å². The fourth-order valence-corrected chi connectivity index (χ4v) is 4.02. The Morgan fingerprint density at radius 3 is 2.63 bits per heavy atom. The first-order chi connectivity index (χ1) is 12.9. The Balaban J connectivity index is 1.66. The molecule has 6 nitrogen and oxygen atoms in total. The van der Waals surface area contributed by atoms with Crippen molar-refractivity contribution in [2.75, 3.05) is 16.8 Å². The molecule has 0 saturated carbocycles. The molecule has 3 amide bonds. The average Bonchev–Trinajstić information content (AvgIpc) is 2.96. The molecule has 1 N–H and O–H groups in total. The normalized spacial score (nSPS) is 21.1. The van der Waals surface area contributed by atoms with E-state index in [2.05, 4.69) is 5.32 Å². The van der Waals surface area contributed by atoms with E-state index >= 15 is 0 Å². The molecule has 0 aromatic heterocycles. The van der Waals surface area contributed by atoms with E-state index in [1.54, 1.807) is 53.4 Å². The molecule has 1 atom stereocenters. The molecule has 1 saturated heterocycles. The zero-order chi connectivity index (χ0) is 19.2. The van der Waals surface area contributed by atoms with Crippen LogP contribution in [0.2, 0.25) is 5.02 Å². The molecule has 4 rings (SSSR count). The summed E-state index contributed by atoms with van der Waals surface area (Å²) < 4.78 is 0. The van der Waals surface area contributed by atoms with Gasteiger partial charge < -0.3 is 10.2 Å². The topological polar surface area (TPSA) is 69.7 Å². The van der Waals surface area contributed by atoms with E-state index in [1.165, 1.54) is 4.90 Å². The van der Waals surface area contributed by atoms with Crippen molar-refractivity contribution in [3.63, 3.8) is 0 Å². The van der Waals surface area contributed by atoms with Crippen LogP contribution in [0.4, 0.5) is 11.4 Å². The molecule has 0 aliphatic carbocycles. The minimum absolute atomic E-state index is 0.0473. The van der Waals surface area contributed by atoms with E-state index in [4.69, 9.17) is 11.6 Å². The Bertz CT molecular complexity index is 961. The van der Waals surface area contributed by atoms with Crippen LogP contribution in [-0.4, -0.2) is 34.8 Å². The molecule has 0 bridgehead atoms. The number of halogens is 1. The fourth-order valence-electron chi connectivity index (χ4n) is 3.84. The quantitative estimate of drug-likeness (QED) is 0.884. The molecule has 138 valence electrons. The maximum atomic E-state index is 13.1. The van der Waals surface area contributed by atoms with Gasteiger partial charge in [0, 0.05) is 6.42 Å². The zero-order valence-electron chi connectivity index (χ0n) is 14.7. The summed E-state index contributed by atoms with van der Waals surface area (Å²) in [6.45, 7) is 1.66. The van der Waals surface area contributed by atoms with Crippen molar-refractivity contribution < 1.29 is 14.4 Å². The summed E-state index contributed by atoms with van der Waals surface area (Å²) in [7, 11) is 0. The predicted octanol–water partition coefficient (Wildman–Crippen LogP) is 3.28. The fraction of sp³-hybridized carbons (Fsp3) is 0.250. The van der Waals surface area contributed by atoms with Gasteiger partial charge in [-0.15, -0.1) is 0 Å². The molecule has 2 aliphatic heterocycles. The Labute approximate surface area is 161 Å². The van der Waals surface area contributed by atoms with Gasteiger partial charge in [0.05, 0.1) is 22.0 Å². The van der Waals surface area contributed by atoms with E-state index in [1.807, 2.05) is 6.92 Å². The minimum atomic E-state index is -0.861. The lowest BCUT2D eigenvalue weighted by Crippen LogP contribution is -2.63. The minimum Gasteiger partial charge on any atom is -0.323 e. The van der Waals surface area contributed by atoms with Crippen molar-refractivity contribution in [3.05, 3.63) is 59.1 Å². The van der Waals surface area contributed by atoms with Crippen molar-refractivity contribution in [1.29, 1.82) is 0 Å². The van der Waals surface area contributed by atoms with Crippen LogP contribution in [0.5, 0.6) is 0 Å². The van der Waals surface area contributed by atoms with E-state index in [9.17, 15) is 14.4 Å². The van der Waals surface area contributed by atoms with Gasteiger partial charge in [0.15, 0.2) is 0 Å². The Morgan fingerprint density at radius 2 is 1.85 bits per heavy atom. The highest BCUT2D eigenvalue weighted by Crippen LogP contribution is 2.43. The molecule has 2 aliphatic rings. The number of benzene rings is 2. The molecule has 2 heterocycles. The van der Waals surface area contributed by atoms with Crippen molar-refractivity contribution in [1.82, 2.24) is 4.90 Å². The number of amides is 3. The monoisotopic (exact) mass is 383 g/mol. The largest absolute Gasteiger partial charge is 0.323 e. The molecule has 0 radical (unpaired) electrons. The summed E-state index contributed by atoms with van der Waals surface area (Å²) in [5.74, 6) is -0.668. The third-order valence-corrected chi connectivity index (χ3v) is 5.52. The van der Waals surface area contributed by atoms with Gasteiger partial charge in [-0.05, 0) is 37.6 Å². The van der Waals surface area contributed by atoms with Crippen molar-refractivity contribution >= 4 is 40.7 Å². The van der Waals surface area contributed by atoms with Gasteiger partial charge in [-0.2, -0.15) is 0 Å². The third kappa shape index (κ3) is 2.77. The highest BCUT2D eigenvalue weighted by atomic mass is 35.5. The zero-order valence-corrected chi connectivity index (χ0v) is 15.5. The molecule has 0 spiro atoms. The molecule has 7 heteroatoms. The van der Waals surface area contributed by atoms with Crippen LogP contribution in [0.15, 0.2) is 48.5 Å². The lowest BCUT2D eigenvalue weighted by atomic mass is 9.98. The third-order valence-electron chi connectivity index (χ3n) is 5.20. The molecule has 1 unspecified atom stereocenters. The maximum Gasteiger partial charge on any atom is 0.258 e. The van der Waals surface area contributed by atoms with Gasteiger partial charge in [-0.3, -0.25) is 19.3 Å². The molecule has 2 aromatic carbocycles. The van der Waals surface area contributed by atoms with Crippen LogP contribution >= 0.6 is 11.6 Å². The molecule has 2 aromatic rings. The Kier molecular flexibility index (Phi) is 4.15. The number of para-hydroxylation sites is 2. The summed E-state index contributed by atoms with van der Waals surface area (Å²) in [5.41, 5.74) is 0.657.